The average Bonchev–Trinajstić information content (AvgIpc) is 3.87. The first kappa shape index (κ1) is 34.5. The zero-order valence-corrected chi connectivity index (χ0v) is 33.4. The maximum atomic E-state index is 5.28. The van der Waals surface area contributed by atoms with Gasteiger partial charge in [0, 0.05) is 38.4 Å². The fraction of sp³-hybridized carbons (Fsp3) is 0. The minimum Gasteiger partial charge on any atom is -0.309 e. The van der Waals surface area contributed by atoms with Gasteiger partial charge in [0.15, 0.2) is 11.6 Å². The van der Waals surface area contributed by atoms with Crippen LogP contribution in [0.3, 0.4) is 0 Å². The van der Waals surface area contributed by atoms with Gasteiger partial charge in [-0.15, -0.1) is 0 Å². The van der Waals surface area contributed by atoms with Crippen molar-refractivity contribution in [2.45, 2.75) is 0 Å². The van der Waals surface area contributed by atoms with Crippen LogP contribution in [0.2, 0.25) is 0 Å². The Morgan fingerprint density at radius 3 is 1.29 bits per heavy atom. The minimum absolute atomic E-state index is 0.586. The molecule has 0 saturated heterocycles. The maximum absolute atomic E-state index is 5.28. The molecule has 5 heteroatoms. The Morgan fingerprint density at radius 1 is 0.242 bits per heavy atom. The third kappa shape index (κ3) is 5.25. The fourth-order valence-corrected chi connectivity index (χ4v) is 9.73. The summed E-state index contributed by atoms with van der Waals surface area (Å²) in [5.41, 5.74) is 9.89. The number of benzene rings is 10. The molecule has 5 nitrogen and oxygen atoms in total. The lowest BCUT2D eigenvalue weighted by Gasteiger charge is -2.14. The zero-order chi connectivity index (χ0) is 40.7. The molecule has 0 aliphatic rings. The zero-order valence-electron chi connectivity index (χ0n) is 33.4. The van der Waals surface area contributed by atoms with Gasteiger partial charge < -0.3 is 4.57 Å². The lowest BCUT2D eigenvalue weighted by Crippen LogP contribution is -2.06. The molecule has 3 aromatic heterocycles. The van der Waals surface area contributed by atoms with Gasteiger partial charge in [-0.2, -0.15) is 9.97 Å². The van der Waals surface area contributed by atoms with Crippen molar-refractivity contribution in [3.63, 3.8) is 0 Å². The largest absolute Gasteiger partial charge is 0.309 e. The molecular weight excluding hydrogens is 755 g/mol. The fourth-order valence-electron chi connectivity index (χ4n) is 9.73. The van der Waals surface area contributed by atoms with Crippen molar-refractivity contribution in [2.24, 2.45) is 0 Å². The predicted molar refractivity (Wildman–Crippen MR) is 257 cm³/mol. The molecule has 0 aliphatic carbocycles. The second-order valence-corrected chi connectivity index (χ2v) is 16.0. The molecule has 62 heavy (non-hydrogen) atoms. The van der Waals surface area contributed by atoms with Gasteiger partial charge in [-0.1, -0.05) is 158 Å². The summed E-state index contributed by atoms with van der Waals surface area (Å²) in [5, 5.41) is 12.0. The van der Waals surface area contributed by atoms with Gasteiger partial charge in [-0.05, 0) is 98.0 Å². The Hall–Kier alpha value is -8.41. The number of nitrogens with zero attached hydrogens (tertiary/aromatic N) is 5. The number of rotatable bonds is 5. The highest BCUT2D eigenvalue weighted by Crippen LogP contribution is 2.41. The molecule has 0 bridgehead atoms. The molecule has 0 saturated carbocycles. The van der Waals surface area contributed by atoms with Crippen LogP contribution in [0.15, 0.2) is 212 Å². The lowest BCUT2D eigenvalue weighted by atomic mass is 9.91. The summed E-state index contributed by atoms with van der Waals surface area (Å²) in [4.78, 5) is 15.6. The van der Waals surface area contributed by atoms with Crippen LogP contribution in [0.25, 0.3) is 121 Å². The van der Waals surface area contributed by atoms with Crippen molar-refractivity contribution in [3.05, 3.63) is 212 Å². The number of fused-ring (bicyclic) bond motifs is 12. The highest BCUT2D eigenvalue weighted by molar-refractivity contribution is 6.26. The van der Waals surface area contributed by atoms with E-state index >= 15 is 0 Å². The lowest BCUT2D eigenvalue weighted by molar-refractivity contribution is 0.953. The SMILES string of the molecule is c1ccc(-c2nc(-c3ccc4c5cc(-c6ccc7c(c6)c6ccccc6n7-c6ccccc6)ccc5c5ccccc5c4c3)nc(-n3c4ccccc4c4ccccc43)n2)cc1. The first-order valence-electron chi connectivity index (χ1n) is 21.0. The van der Waals surface area contributed by atoms with E-state index in [1.54, 1.807) is 0 Å². The summed E-state index contributed by atoms with van der Waals surface area (Å²) < 4.78 is 4.54. The highest BCUT2D eigenvalue weighted by atomic mass is 15.2. The Morgan fingerprint density at radius 2 is 0.645 bits per heavy atom. The van der Waals surface area contributed by atoms with Crippen LogP contribution in [-0.2, 0) is 0 Å². The van der Waals surface area contributed by atoms with Gasteiger partial charge in [-0.3, -0.25) is 4.57 Å². The topological polar surface area (TPSA) is 48.5 Å². The third-order valence-electron chi connectivity index (χ3n) is 12.6. The van der Waals surface area contributed by atoms with Gasteiger partial charge in [0.05, 0.1) is 22.1 Å². The van der Waals surface area contributed by atoms with Crippen molar-refractivity contribution < 1.29 is 0 Å². The quantitative estimate of drug-likeness (QED) is 0.163. The standard InChI is InChI=1S/C57H35N5/c1-3-15-36(16-4-1)55-58-56(60-57(59-55)62-52-25-13-9-21-45(52)46-22-10-14-26-53(46)62)39-28-31-44-48-33-37(27-30-43(48)41-19-7-8-20-42(41)49(44)35-39)38-29-32-54-50(34-38)47-23-11-12-24-51(47)61(54)40-17-5-2-6-18-40/h1-35H. The minimum atomic E-state index is 0.586. The van der Waals surface area contributed by atoms with E-state index in [1.807, 2.05) is 18.2 Å². The molecule has 13 aromatic rings. The summed E-state index contributed by atoms with van der Waals surface area (Å²) in [6.07, 6.45) is 0. The second-order valence-electron chi connectivity index (χ2n) is 16.0. The Labute approximate surface area is 356 Å². The van der Waals surface area contributed by atoms with E-state index in [1.165, 1.54) is 59.9 Å². The molecule has 0 radical (unpaired) electrons. The van der Waals surface area contributed by atoms with Crippen LogP contribution < -0.4 is 0 Å². The van der Waals surface area contributed by atoms with Gasteiger partial charge >= 0.3 is 0 Å². The molecular formula is C57H35N5. The van der Waals surface area contributed by atoms with Crippen molar-refractivity contribution in [2.75, 3.05) is 0 Å². The smallest absolute Gasteiger partial charge is 0.238 e. The van der Waals surface area contributed by atoms with Gasteiger partial charge in [0.25, 0.3) is 0 Å². The van der Waals surface area contributed by atoms with Crippen molar-refractivity contribution >= 4 is 75.9 Å². The van der Waals surface area contributed by atoms with Crippen LogP contribution in [0.4, 0.5) is 0 Å². The third-order valence-corrected chi connectivity index (χ3v) is 12.6. The molecule has 0 amide bonds. The molecule has 0 unspecified atom stereocenters. The van der Waals surface area contributed by atoms with Crippen LogP contribution in [0.1, 0.15) is 0 Å². The Bertz CT molecular complexity index is 3870. The van der Waals surface area contributed by atoms with Crippen LogP contribution >= 0.6 is 0 Å². The normalized spacial score (nSPS) is 11.9. The molecule has 0 spiro atoms. The highest BCUT2D eigenvalue weighted by Gasteiger charge is 2.19. The Balaban J connectivity index is 1.01. The van der Waals surface area contributed by atoms with Crippen LogP contribution in [0.5, 0.6) is 0 Å². The van der Waals surface area contributed by atoms with Gasteiger partial charge in [-0.25, -0.2) is 4.98 Å². The molecule has 3 heterocycles. The molecule has 0 atom stereocenters. The molecule has 0 aliphatic heterocycles. The molecule has 288 valence electrons. The summed E-state index contributed by atoms with van der Waals surface area (Å²) in [7, 11) is 0. The number of aromatic nitrogens is 5. The van der Waals surface area contributed by atoms with Crippen molar-refractivity contribution in [3.8, 4) is 45.5 Å². The molecule has 0 N–H and O–H groups in total. The number of hydrogen-bond donors (Lipinski definition) is 0. The first-order valence-corrected chi connectivity index (χ1v) is 21.0. The van der Waals surface area contributed by atoms with E-state index in [-0.39, 0.29) is 0 Å². The van der Waals surface area contributed by atoms with E-state index in [0.29, 0.717) is 17.6 Å². The van der Waals surface area contributed by atoms with Crippen LogP contribution in [-0.4, -0.2) is 24.1 Å². The van der Waals surface area contributed by atoms with Crippen molar-refractivity contribution in [1.82, 2.24) is 24.1 Å². The maximum Gasteiger partial charge on any atom is 0.238 e. The molecule has 0 fully saturated rings. The predicted octanol–water partition coefficient (Wildman–Crippen LogP) is 14.5. The van der Waals surface area contributed by atoms with Crippen molar-refractivity contribution in [1.29, 1.82) is 0 Å². The number of para-hydroxylation sites is 4. The summed E-state index contributed by atoms with van der Waals surface area (Å²) in [6.45, 7) is 0. The summed E-state index contributed by atoms with van der Waals surface area (Å²) in [5.74, 6) is 1.84. The van der Waals surface area contributed by atoms with E-state index < -0.39 is 0 Å². The van der Waals surface area contributed by atoms with Gasteiger partial charge in [0.2, 0.25) is 5.95 Å². The van der Waals surface area contributed by atoms with E-state index in [4.69, 9.17) is 15.0 Å². The average molecular weight is 790 g/mol. The van der Waals surface area contributed by atoms with E-state index in [2.05, 4.69) is 203 Å². The van der Waals surface area contributed by atoms with Crippen LogP contribution in [0, 0.1) is 0 Å². The Kier molecular flexibility index (Phi) is 7.54. The molecule has 10 aromatic carbocycles. The second kappa shape index (κ2) is 13.6. The summed E-state index contributed by atoms with van der Waals surface area (Å²) >= 11 is 0. The molecule has 13 rings (SSSR count). The van der Waals surface area contributed by atoms with E-state index in [0.717, 1.165) is 44.0 Å². The van der Waals surface area contributed by atoms with E-state index in [9.17, 15) is 0 Å². The monoisotopic (exact) mass is 789 g/mol. The van der Waals surface area contributed by atoms with Gasteiger partial charge in [0.1, 0.15) is 0 Å². The summed E-state index contributed by atoms with van der Waals surface area (Å²) in [6, 6.07) is 75.8. The number of hydrogen-bond acceptors (Lipinski definition) is 3. The first-order chi connectivity index (χ1) is 30.7.